The van der Waals surface area contributed by atoms with Gasteiger partial charge >= 0.3 is 5.97 Å². The Kier molecular flexibility index (Phi) is 3.81. The minimum atomic E-state index is -0.323. The van der Waals surface area contributed by atoms with Crippen molar-refractivity contribution in [3.05, 3.63) is 23.2 Å². The van der Waals surface area contributed by atoms with Crippen LogP contribution >= 0.6 is 0 Å². The van der Waals surface area contributed by atoms with Crippen LogP contribution in [0, 0.1) is 18.8 Å². The Balaban J connectivity index is 1.64. The van der Waals surface area contributed by atoms with E-state index in [2.05, 4.69) is 10.2 Å². The molecule has 0 aliphatic carbocycles. The van der Waals surface area contributed by atoms with Gasteiger partial charge in [-0.1, -0.05) is 0 Å². The summed E-state index contributed by atoms with van der Waals surface area (Å²) in [6, 6.07) is 1.82. The van der Waals surface area contributed by atoms with Gasteiger partial charge in [-0.25, -0.2) is 4.79 Å². The number of nitrogens with zero attached hydrogens (tertiary/aromatic N) is 1. The topological polar surface area (TPSA) is 54.7 Å². The molecule has 2 saturated heterocycles. The summed E-state index contributed by atoms with van der Waals surface area (Å²) in [5.74, 6) is 2.78. The molecule has 2 fully saturated rings. The molecule has 1 aromatic heterocycles. The van der Waals surface area contributed by atoms with Gasteiger partial charge in [0, 0.05) is 6.54 Å². The molecule has 110 valence electrons. The highest BCUT2D eigenvalue weighted by Crippen LogP contribution is 2.28. The van der Waals surface area contributed by atoms with Crippen LogP contribution in [0.15, 0.2) is 10.5 Å². The minimum Gasteiger partial charge on any atom is -0.465 e. The first-order chi connectivity index (χ1) is 9.67. The van der Waals surface area contributed by atoms with Crippen molar-refractivity contribution in [3.8, 4) is 0 Å². The van der Waals surface area contributed by atoms with Crippen LogP contribution in [0.25, 0.3) is 0 Å². The SMILES string of the molecule is COC(=O)c1cc(CN2CCC3CNCC3C2)oc1C. The van der Waals surface area contributed by atoms with Crippen LogP contribution in [-0.4, -0.2) is 44.2 Å². The largest absolute Gasteiger partial charge is 0.465 e. The second-order valence-electron chi connectivity index (χ2n) is 5.88. The van der Waals surface area contributed by atoms with Crippen LogP contribution < -0.4 is 5.32 Å². The number of fused-ring (bicyclic) bond motifs is 1. The fourth-order valence-electron chi connectivity index (χ4n) is 3.41. The summed E-state index contributed by atoms with van der Waals surface area (Å²) in [6.07, 6.45) is 1.25. The smallest absolute Gasteiger partial charge is 0.341 e. The van der Waals surface area contributed by atoms with Crippen molar-refractivity contribution in [3.63, 3.8) is 0 Å². The van der Waals surface area contributed by atoms with E-state index >= 15 is 0 Å². The van der Waals surface area contributed by atoms with Gasteiger partial charge in [0.15, 0.2) is 0 Å². The average Bonchev–Trinajstić information content (AvgIpc) is 3.04. The summed E-state index contributed by atoms with van der Waals surface area (Å²) in [5, 5.41) is 3.47. The standard InChI is InChI=1S/C15H22N2O3/c1-10-14(15(18)19-2)5-13(20-10)9-17-4-3-11-6-16-7-12(11)8-17/h5,11-12,16H,3-4,6-9H2,1-2H3. The molecule has 2 aliphatic heterocycles. The maximum Gasteiger partial charge on any atom is 0.341 e. The van der Waals surface area contributed by atoms with Crippen LogP contribution in [0.5, 0.6) is 0 Å². The Morgan fingerprint density at radius 1 is 1.50 bits per heavy atom. The highest BCUT2D eigenvalue weighted by Gasteiger charge is 2.33. The fourth-order valence-corrected chi connectivity index (χ4v) is 3.41. The highest BCUT2D eigenvalue weighted by atomic mass is 16.5. The highest BCUT2D eigenvalue weighted by molar-refractivity contribution is 5.90. The zero-order valence-electron chi connectivity index (χ0n) is 12.1. The lowest BCUT2D eigenvalue weighted by Gasteiger charge is -2.33. The fraction of sp³-hybridized carbons (Fsp3) is 0.667. The Morgan fingerprint density at radius 2 is 2.30 bits per heavy atom. The number of nitrogens with one attached hydrogen (secondary N) is 1. The Bertz CT molecular complexity index is 497. The van der Waals surface area contributed by atoms with Gasteiger partial charge in [0.05, 0.1) is 13.7 Å². The number of piperidine rings is 1. The number of hydrogen-bond donors (Lipinski definition) is 1. The van der Waals surface area contributed by atoms with Gasteiger partial charge in [-0.2, -0.15) is 0 Å². The van der Waals surface area contributed by atoms with E-state index in [-0.39, 0.29) is 5.97 Å². The predicted molar refractivity (Wildman–Crippen MR) is 74.5 cm³/mol. The maximum absolute atomic E-state index is 11.6. The molecule has 3 rings (SSSR count). The number of aryl methyl sites for hydroxylation is 1. The van der Waals surface area contributed by atoms with Crippen molar-refractivity contribution in [1.29, 1.82) is 0 Å². The number of hydrogen-bond acceptors (Lipinski definition) is 5. The summed E-state index contributed by atoms with van der Waals surface area (Å²) in [4.78, 5) is 14.0. The number of carbonyl (C=O) groups excluding carboxylic acids is 1. The van der Waals surface area contributed by atoms with Crippen LogP contribution in [0.4, 0.5) is 0 Å². The van der Waals surface area contributed by atoms with Crippen molar-refractivity contribution in [2.24, 2.45) is 11.8 Å². The molecule has 1 aromatic rings. The first kappa shape index (κ1) is 13.6. The molecular formula is C15H22N2O3. The Hall–Kier alpha value is -1.33. The number of ether oxygens (including phenoxy) is 1. The first-order valence-corrected chi connectivity index (χ1v) is 7.28. The zero-order valence-corrected chi connectivity index (χ0v) is 12.1. The van der Waals surface area contributed by atoms with E-state index in [0.29, 0.717) is 11.3 Å². The lowest BCUT2D eigenvalue weighted by molar-refractivity contribution is 0.0599. The van der Waals surface area contributed by atoms with Crippen molar-refractivity contribution < 1.29 is 13.9 Å². The van der Waals surface area contributed by atoms with E-state index in [4.69, 9.17) is 9.15 Å². The molecule has 1 N–H and O–H groups in total. The molecule has 0 spiro atoms. The molecule has 0 aromatic carbocycles. The van der Waals surface area contributed by atoms with E-state index in [1.54, 1.807) is 0 Å². The molecule has 5 heteroatoms. The summed E-state index contributed by atoms with van der Waals surface area (Å²) in [6.45, 7) is 7.11. The third-order valence-electron chi connectivity index (χ3n) is 4.54. The third kappa shape index (κ3) is 2.60. The van der Waals surface area contributed by atoms with Gasteiger partial charge in [0.25, 0.3) is 0 Å². The molecule has 2 aliphatic rings. The Labute approximate surface area is 119 Å². The van der Waals surface area contributed by atoms with Gasteiger partial charge in [0.2, 0.25) is 0 Å². The van der Waals surface area contributed by atoms with E-state index in [9.17, 15) is 4.79 Å². The van der Waals surface area contributed by atoms with E-state index in [1.165, 1.54) is 20.1 Å². The zero-order chi connectivity index (χ0) is 14.1. The number of likely N-dealkylation sites (tertiary alicyclic amines) is 1. The Morgan fingerprint density at radius 3 is 3.10 bits per heavy atom. The van der Waals surface area contributed by atoms with Gasteiger partial charge in [-0.3, -0.25) is 4.90 Å². The second-order valence-corrected chi connectivity index (χ2v) is 5.88. The van der Waals surface area contributed by atoms with Crippen LogP contribution in [0.1, 0.15) is 28.3 Å². The maximum atomic E-state index is 11.6. The van der Waals surface area contributed by atoms with Crippen molar-refractivity contribution >= 4 is 5.97 Å². The lowest BCUT2D eigenvalue weighted by Crippen LogP contribution is -2.39. The summed E-state index contributed by atoms with van der Waals surface area (Å²) in [7, 11) is 1.40. The van der Waals surface area contributed by atoms with Gasteiger partial charge in [0.1, 0.15) is 17.1 Å². The van der Waals surface area contributed by atoms with Crippen molar-refractivity contribution in [2.75, 3.05) is 33.3 Å². The number of methoxy groups -OCH3 is 1. The molecule has 20 heavy (non-hydrogen) atoms. The molecule has 0 radical (unpaired) electrons. The quantitative estimate of drug-likeness (QED) is 0.847. The van der Waals surface area contributed by atoms with Crippen LogP contribution in [0.2, 0.25) is 0 Å². The normalized spacial score (nSPS) is 26.5. The van der Waals surface area contributed by atoms with E-state index < -0.39 is 0 Å². The minimum absolute atomic E-state index is 0.323. The number of rotatable bonds is 3. The first-order valence-electron chi connectivity index (χ1n) is 7.28. The number of furan rings is 1. The molecule has 0 bridgehead atoms. The van der Waals surface area contributed by atoms with Gasteiger partial charge < -0.3 is 14.5 Å². The van der Waals surface area contributed by atoms with Crippen LogP contribution in [-0.2, 0) is 11.3 Å². The monoisotopic (exact) mass is 278 g/mol. The number of carbonyl (C=O) groups is 1. The lowest BCUT2D eigenvalue weighted by atomic mass is 9.89. The molecule has 5 nitrogen and oxygen atoms in total. The number of esters is 1. The molecule has 3 heterocycles. The molecular weight excluding hydrogens is 256 g/mol. The average molecular weight is 278 g/mol. The predicted octanol–water partition coefficient (Wildman–Crippen LogP) is 1.42. The van der Waals surface area contributed by atoms with Gasteiger partial charge in [-0.05, 0) is 50.9 Å². The summed E-state index contributed by atoms with van der Waals surface area (Å²) >= 11 is 0. The molecule has 0 amide bonds. The summed E-state index contributed by atoms with van der Waals surface area (Å²) in [5.41, 5.74) is 0.542. The van der Waals surface area contributed by atoms with E-state index in [0.717, 1.165) is 43.8 Å². The van der Waals surface area contributed by atoms with Crippen molar-refractivity contribution in [2.45, 2.75) is 19.9 Å². The van der Waals surface area contributed by atoms with E-state index in [1.807, 2.05) is 13.0 Å². The third-order valence-corrected chi connectivity index (χ3v) is 4.54. The van der Waals surface area contributed by atoms with Crippen molar-refractivity contribution in [1.82, 2.24) is 10.2 Å². The van der Waals surface area contributed by atoms with Gasteiger partial charge in [-0.15, -0.1) is 0 Å². The molecule has 0 saturated carbocycles. The molecule has 2 unspecified atom stereocenters. The summed E-state index contributed by atoms with van der Waals surface area (Å²) < 4.78 is 10.4. The molecule has 2 atom stereocenters. The second kappa shape index (κ2) is 5.58. The van der Waals surface area contributed by atoms with Crippen LogP contribution in [0.3, 0.4) is 0 Å².